The van der Waals surface area contributed by atoms with Gasteiger partial charge in [-0.25, -0.2) is 18.9 Å². The number of halogens is 1. The van der Waals surface area contributed by atoms with E-state index in [1.54, 1.807) is 0 Å². The SMILES string of the molecule is O=Cc1ccn(-c2cc(C(=O)O)c(F)cn2)n1. The summed E-state index contributed by atoms with van der Waals surface area (Å²) in [5.41, 5.74) is -0.328. The number of hydrogen-bond acceptors (Lipinski definition) is 4. The van der Waals surface area contributed by atoms with E-state index in [4.69, 9.17) is 5.11 Å². The highest BCUT2D eigenvalue weighted by Crippen LogP contribution is 2.11. The second-order valence-electron chi connectivity index (χ2n) is 3.13. The maximum atomic E-state index is 13.1. The van der Waals surface area contributed by atoms with Gasteiger partial charge in [-0.3, -0.25) is 4.79 Å². The van der Waals surface area contributed by atoms with Crippen LogP contribution in [0.1, 0.15) is 20.8 Å². The van der Waals surface area contributed by atoms with E-state index in [0.29, 0.717) is 6.29 Å². The largest absolute Gasteiger partial charge is 0.478 e. The van der Waals surface area contributed by atoms with Gasteiger partial charge in [0, 0.05) is 12.3 Å². The third-order valence-electron chi connectivity index (χ3n) is 2.04. The first-order valence-corrected chi connectivity index (χ1v) is 4.52. The van der Waals surface area contributed by atoms with Gasteiger partial charge < -0.3 is 5.11 Å². The molecule has 0 radical (unpaired) electrons. The molecule has 0 aromatic carbocycles. The third-order valence-corrected chi connectivity index (χ3v) is 2.04. The summed E-state index contributed by atoms with van der Waals surface area (Å²) in [4.78, 5) is 24.8. The van der Waals surface area contributed by atoms with Gasteiger partial charge in [0.05, 0.1) is 6.20 Å². The van der Waals surface area contributed by atoms with Crippen LogP contribution in [0.25, 0.3) is 5.82 Å². The number of rotatable bonds is 3. The van der Waals surface area contributed by atoms with Crippen molar-refractivity contribution in [2.75, 3.05) is 0 Å². The molecule has 2 aromatic rings. The Morgan fingerprint density at radius 3 is 2.88 bits per heavy atom. The van der Waals surface area contributed by atoms with Gasteiger partial charge >= 0.3 is 5.97 Å². The first-order valence-electron chi connectivity index (χ1n) is 4.52. The average Bonchev–Trinajstić information content (AvgIpc) is 2.78. The van der Waals surface area contributed by atoms with Gasteiger partial charge in [0.15, 0.2) is 17.9 Å². The Bertz CT molecular complexity index is 594. The Hall–Kier alpha value is -2.57. The smallest absolute Gasteiger partial charge is 0.338 e. The predicted molar refractivity (Wildman–Crippen MR) is 53.7 cm³/mol. The Labute approximate surface area is 94.3 Å². The summed E-state index contributed by atoms with van der Waals surface area (Å²) < 4.78 is 14.3. The van der Waals surface area contributed by atoms with Crippen molar-refractivity contribution in [3.8, 4) is 5.82 Å². The Balaban J connectivity index is 2.49. The zero-order chi connectivity index (χ0) is 12.4. The van der Waals surface area contributed by atoms with Crippen molar-refractivity contribution >= 4 is 12.3 Å². The fraction of sp³-hybridized carbons (Fsp3) is 0. The molecule has 2 heterocycles. The van der Waals surface area contributed by atoms with Crippen molar-refractivity contribution in [3.63, 3.8) is 0 Å². The van der Waals surface area contributed by atoms with Crippen LogP contribution in [-0.4, -0.2) is 32.1 Å². The van der Waals surface area contributed by atoms with Gasteiger partial charge in [0.1, 0.15) is 11.3 Å². The van der Waals surface area contributed by atoms with E-state index in [1.165, 1.54) is 16.9 Å². The summed E-state index contributed by atoms with van der Waals surface area (Å²) in [6.07, 6.45) is 2.76. The average molecular weight is 235 g/mol. The van der Waals surface area contributed by atoms with Crippen LogP contribution >= 0.6 is 0 Å². The van der Waals surface area contributed by atoms with Crippen LogP contribution in [0, 0.1) is 5.82 Å². The molecule has 86 valence electrons. The second kappa shape index (κ2) is 4.12. The van der Waals surface area contributed by atoms with Crippen LogP contribution in [-0.2, 0) is 0 Å². The van der Waals surface area contributed by atoms with Crippen LogP contribution in [0.2, 0.25) is 0 Å². The zero-order valence-corrected chi connectivity index (χ0v) is 8.37. The number of carbonyl (C=O) groups excluding carboxylic acids is 1. The lowest BCUT2D eigenvalue weighted by Gasteiger charge is -2.02. The molecule has 0 saturated carbocycles. The molecule has 17 heavy (non-hydrogen) atoms. The minimum atomic E-state index is -1.39. The first-order chi connectivity index (χ1) is 8.11. The van der Waals surface area contributed by atoms with Gasteiger partial charge in [-0.05, 0) is 6.07 Å². The van der Waals surface area contributed by atoms with Crippen LogP contribution < -0.4 is 0 Å². The Morgan fingerprint density at radius 1 is 1.53 bits per heavy atom. The van der Waals surface area contributed by atoms with E-state index in [0.717, 1.165) is 12.3 Å². The molecule has 0 aliphatic carbocycles. The van der Waals surface area contributed by atoms with Crippen LogP contribution in [0.5, 0.6) is 0 Å². The molecule has 6 nitrogen and oxygen atoms in total. The molecule has 0 amide bonds. The van der Waals surface area contributed by atoms with Crippen LogP contribution in [0.3, 0.4) is 0 Å². The number of aromatic nitrogens is 3. The van der Waals surface area contributed by atoms with Crippen molar-refractivity contribution in [3.05, 3.63) is 41.6 Å². The van der Waals surface area contributed by atoms with Gasteiger partial charge in [0.25, 0.3) is 0 Å². The number of nitrogens with zero attached hydrogens (tertiary/aromatic N) is 3. The van der Waals surface area contributed by atoms with Gasteiger partial charge in [-0.2, -0.15) is 5.10 Å². The molecule has 0 atom stereocenters. The van der Waals surface area contributed by atoms with Gasteiger partial charge in [0.2, 0.25) is 0 Å². The molecule has 0 aliphatic rings. The summed E-state index contributed by atoms with van der Waals surface area (Å²) in [6.45, 7) is 0. The normalized spacial score (nSPS) is 10.2. The highest BCUT2D eigenvalue weighted by Gasteiger charge is 2.13. The molecule has 7 heteroatoms. The quantitative estimate of drug-likeness (QED) is 0.799. The summed E-state index contributed by atoms with van der Waals surface area (Å²) in [6, 6.07) is 2.47. The predicted octanol–water partition coefficient (Wildman–Crippen LogP) is 0.917. The minimum Gasteiger partial charge on any atom is -0.478 e. The minimum absolute atomic E-state index is 0.122. The monoisotopic (exact) mass is 235 g/mol. The number of carbonyl (C=O) groups is 2. The van der Waals surface area contributed by atoms with Gasteiger partial charge in [-0.1, -0.05) is 0 Å². The standard InChI is InChI=1S/C10H6FN3O3/c11-8-4-12-9(3-7(8)10(16)17)14-2-1-6(5-15)13-14/h1-5H,(H,16,17). The summed E-state index contributed by atoms with van der Waals surface area (Å²) in [7, 11) is 0. The molecule has 0 saturated heterocycles. The molecule has 0 bridgehead atoms. The van der Waals surface area contributed by atoms with Crippen molar-refractivity contribution < 1.29 is 19.1 Å². The molecular weight excluding hydrogens is 229 g/mol. The van der Waals surface area contributed by atoms with Crippen molar-refractivity contribution in [2.24, 2.45) is 0 Å². The maximum Gasteiger partial charge on any atom is 0.338 e. The van der Waals surface area contributed by atoms with Gasteiger partial charge in [-0.15, -0.1) is 0 Å². The van der Waals surface area contributed by atoms with Crippen LogP contribution in [0.15, 0.2) is 24.5 Å². The number of carboxylic acids is 1. The van der Waals surface area contributed by atoms with E-state index < -0.39 is 17.3 Å². The molecule has 2 aromatic heterocycles. The number of aldehydes is 1. The summed E-state index contributed by atoms with van der Waals surface area (Å²) in [5, 5.41) is 12.5. The fourth-order valence-electron chi connectivity index (χ4n) is 1.25. The fourth-order valence-corrected chi connectivity index (χ4v) is 1.25. The molecule has 0 aliphatic heterocycles. The van der Waals surface area contributed by atoms with E-state index in [1.807, 2.05) is 0 Å². The molecule has 0 spiro atoms. The van der Waals surface area contributed by atoms with E-state index >= 15 is 0 Å². The van der Waals surface area contributed by atoms with Crippen molar-refractivity contribution in [2.45, 2.75) is 0 Å². The highest BCUT2D eigenvalue weighted by atomic mass is 19.1. The van der Waals surface area contributed by atoms with E-state index in [9.17, 15) is 14.0 Å². The highest BCUT2D eigenvalue weighted by molar-refractivity contribution is 5.88. The first kappa shape index (κ1) is 10.9. The van der Waals surface area contributed by atoms with Crippen molar-refractivity contribution in [1.29, 1.82) is 0 Å². The molecule has 2 rings (SSSR count). The summed E-state index contributed by atoms with van der Waals surface area (Å²) in [5.74, 6) is -2.20. The Morgan fingerprint density at radius 2 is 2.29 bits per heavy atom. The lowest BCUT2D eigenvalue weighted by atomic mass is 10.2. The third kappa shape index (κ3) is 2.03. The van der Waals surface area contributed by atoms with E-state index in [-0.39, 0.29) is 11.5 Å². The number of pyridine rings is 1. The molecule has 0 unspecified atom stereocenters. The number of aromatic carboxylic acids is 1. The van der Waals surface area contributed by atoms with Crippen molar-refractivity contribution in [1.82, 2.24) is 14.8 Å². The lowest BCUT2D eigenvalue weighted by molar-refractivity contribution is 0.0691. The topological polar surface area (TPSA) is 85.1 Å². The lowest BCUT2D eigenvalue weighted by Crippen LogP contribution is -2.06. The molecule has 0 fully saturated rings. The Kier molecular flexibility index (Phi) is 2.65. The summed E-state index contributed by atoms with van der Waals surface area (Å²) >= 11 is 0. The maximum absolute atomic E-state index is 13.1. The van der Waals surface area contributed by atoms with Crippen LogP contribution in [0.4, 0.5) is 4.39 Å². The number of hydrogen-bond donors (Lipinski definition) is 1. The van der Waals surface area contributed by atoms with E-state index in [2.05, 4.69) is 10.1 Å². The zero-order valence-electron chi connectivity index (χ0n) is 8.37. The second-order valence-corrected chi connectivity index (χ2v) is 3.13. The molecule has 1 N–H and O–H groups in total. The molecular formula is C10H6FN3O3. The number of carboxylic acid groups (broad SMARTS) is 1.